The molecule has 0 radical (unpaired) electrons. The molecule has 2 rings (SSSR count). The molecule has 0 bridgehead atoms. The highest BCUT2D eigenvalue weighted by Gasteiger charge is 2.20. The Bertz CT molecular complexity index is 370. The van der Waals surface area contributed by atoms with Crippen LogP contribution in [-0.4, -0.2) is 31.1 Å². The van der Waals surface area contributed by atoms with Crippen LogP contribution in [0.25, 0.3) is 0 Å². The molecule has 0 unspecified atom stereocenters. The van der Waals surface area contributed by atoms with E-state index in [9.17, 15) is 4.39 Å². The van der Waals surface area contributed by atoms with Gasteiger partial charge in [0.2, 0.25) is 0 Å². The number of hydrogen-bond acceptors (Lipinski definition) is 2. The van der Waals surface area contributed by atoms with E-state index in [1.54, 1.807) is 12.1 Å². The molecule has 2 nitrogen and oxygen atoms in total. The number of hydrogen-bond donors (Lipinski definition) is 1. The van der Waals surface area contributed by atoms with E-state index in [1.807, 2.05) is 6.92 Å². The molecule has 1 N–H and O–H groups in total. The van der Waals surface area contributed by atoms with Crippen LogP contribution in [0.15, 0.2) is 18.2 Å². The first kappa shape index (κ1) is 17.9. The Morgan fingerprint density at radius 3 is 2.44 bits per heavy atom. The maximum Gasteiger partial charge on any atom is 0.129 e. The van der Waals surface area contributed by atoms with E-state index < -0.39 is 0 Å². The van der Waals surface area contributed by atoms with Crippen LogP contribution in [0.1, 0.15) is 18.5 Å². The van der Waals surface area contributed by atoms with Gasteiger partial charge in [0.15, 0.2) is 0 Å². The van der Waals surface area contributed by atoms with Crippen molar-refractivity contribution in [1.29, 1.82) is 0 Å². The average molecular weight is 316 g/mol. The summed E-state index contributed by atoms with van der Waals surface area (Å²) in [6.07, 6.45) is 0. The lowest BCUT2D eigenvalue weighted by molar-refractivity contribution is 0.182. The molecule has 1 aromatic carbocycles. The lowest BCUT2D eigenvalue weighted by atomic mass is 10.1. The lowest BCUT2D eigenvalue weighted by Gasteiger charge is -2.33. The zero-order valence-corrected chi connectivity index (χ0v) is 12.5. The van der Waals surface area contributed by atoms with Gasteiger partial charge in [-0.25, -0.2) is 4.39 Å². The van der Waals surface area contributed by atoms with Gasteiger partial charge in [-0.1, -0.05) is 17.7 Å². The molecule has 1 aliphatic heterocycles. The number of piperazine rings is 1. The third-order valence-corrected chi connectivity index (χ3v) is 3.35. The Labute approximate surface area is 125 Å². The van der Waals surface area contributed by atoms with Crippen molar-refractivity contribution in [3.63, 3.8) is 0 Å². The summed E-state index contributed by atoms with van der Waals surface area (Å²) in [6, 6.07) is 5.03. The summed E-state index contributed by atoms with van der Waals surface area (Å²) in [5, 5.41) is 3.74. The van der Waals surface area contributed by atoms with Crippen LogP contribution in [0.3, 0.4) is 0 Å². The van der Waals surface area contributed by atoms with Crippen LogP contribution < -0.4 is 5.32 Å². The van der Waals surface area contributed by atoms with Crippen LogP contribution in [0, 0.1) is 5.82 Å². The van der Waals surface area contributed by atoms with E-state index in [-0.39, 0.29) is 36.7 Å². The Kier molecular flexibility index (Phi) is 8.15. The predicted octanol–water partition coefficient (Wildman–Crippen LogP) is 3.29. The monoisotopic (exact) mass is 314 g/mol. The van der Waals surface area contributed by atoms with Crippen LogP contribution >= 0.6 is 36.4 Å². The Hall–Kier alpha value is -0.0600. The smallest absolute Gasteiger partial charge is 0.129 e. The molecular weight excluding hydrogens is 298 g/mol. The van der Waals surface area contributed by atoms with E-state index in [1.165, 1.54) is 6.07 Å². The first-order valence-electron chi connectivity index (χ1n) is 5.58. The molecule has 1 heterocycles. The highest BCUT2D eigenvalue weighted by Crippen LogP contribution is 2.25. The Morgan fingerprint density at radius 1 is 1.28 bits per heavy atom. The number of rotatable bonds is 2. The van der Waals surface area contributed by atoms with Gasteiger partial charge in [0, 0.05) is 42.8 Å². The molecule has 104 valence electrons. The first-order valence-corrected chi connectivity index (χ1v) is 5.96. The minimum Gasteiger partial charge on any atom is -0.314 e. The van der Waals surface area contributed by atoms with E-state index >= 15 is 0 Å². The third kappa shape index (κ3) is 4.25. The second-order valence-electron chi connectivity index (χ2n) is 4.13. The summed E-state index contributed by atoms with van der Waals surface area (Å²) in [6.45, 7) is 5.91. The minimum absolute atomic E-state index is 0. The summed E-state index contributed by atoms with van der Waals surface area (Å²) in [5.41, 5.74) is 0.728. The van der Waals surface area contributed by atoms with Crippen molar-refractivity contribution >= 4 is 36.4 Å². The van der Waals surface area contributed by atoms with Crippen LogP contribution in [0.4, 0.5) is 4.39 Å². The molecule has 18 heavy (non-hydrogen) atoms. The topological polar surface area (TPSA) is 15.3 Å². The average Bonchev–Trinajstić information content (AvgIpc) is 2.29. The van der Waals surface area contributed by atoms with Crippen molar-refractivity contribution in [1.82, 2.24) is 10.2 Å². The van der Waals surface area contributed by atoms with Crippen LogP contribution in [0.5, 0.6) is 0 Å². The molecule has 0 aromatic heterocycles. The van der Waals surface area contributed by atoms with Gasteiger partial charge in [0.05, 0.1) is 0 Å². The summed E-state index contributed by atoms with van der Waals surface area (Å²) >= 11 is 5.74. The SMILES string of the molecule is C[C@H](c1ccc(Cl)cc1F)N1CCNCC1.Cl.Cl. The highest BCUT2D eigenvalue weighted by atomic mass is 35.5. The van der Waals surface area contributed by atoms with Crippen molar-refractivity contribution in [2.24, 2.45) is 0 Å². The lowest BCUT2D eigenvalue weighted by Crippen LogP contribution is -2.44. The van der Waals surface area contributed by atoms with Crippen molar-refractivity contribution in [2.45, 2.75) is 13.0 Å². The molecule has 0 aliphatic carbocycles. The quantitative estimate of drug-likeness (QED) is 0.901. The predicted molar refractivity (Wildman–Crippen MR) is 78.8 cm³/mol. The fourth-order valence-corrected chi connectivity index (χ4v) is 2.27. The summed E-state index contributed by atoms with van der Waals surface area (Å²) in [7, 11) is 0. The standard InChI is InChI=1S/C12H16ClFN2.2ClH/c1-9(16-6-4-15-5-7-16)11-3-2-10(13)8-12(11)14;;/h2-3,8-9,15H,4-7H2,1H3;2*1H/t9-;;/m1../s1. The Balaban J connectivity index is 0.00000144. The summed E-state index contributed by atoms with van der Waals surface area (Å²) in [5.74, 6) is -0.210. The fraction of sp³-hybridized carbons (Fsp3) is 0.500. The Morgan fingerprint density at radius 2 is 1.89 bits per heavy atom. The molecule has 0 spiro atoms. The second kappa shape index (κ2) is 8.18. The molecule has 6 heteroatoms. The van der Waals surface area contributed by atoms with Crippen molar-refractivity contribution in [3.8, 4) is 0 Å². The van der Waals surface area contributed by atoms with E-state index in [2.05, 4.69) is 10.2 Å². The molecule has 1 fully saturated rings. The molecule has 0 amide bonds. The second-order valence-corrected chi connectivity index (χ2v) is 4.56. The largest absolute Gasteiger partial charge is 0.314 e. The first-order chi connectivity index (χ1) is 7.68. The van der Waals surface area contributed by atoms with Gasteiger partial charge in [-0.3, -0.25) is 4.90 Å². The number of benzene rings is 1. The van der Waals surface area contributed by atoms with Gasteiger partial charge in [-0.15, -0.1) is 24.8 Å². The molecule has 1 aliphatic rings. The maximum absolute atomic E-state index is 13.7. The zero-order chi connectivity index (χ0) is 11.5. The van der Waals surface area contributed by atoms with Gasteiger partial charge in [0.25, 0.3) is 0 Å². The summed E-state index contributed by atoms with van der Waals surface area (Å²) < 4.78 is 13.7. The maximum atomic E-state index is 13.7. The normalized spacial score (nSPS) is 17.5. The molecule has 1 atom stereocenters. The zero-order valence-electron chi connectivity index (χ0n) is 10.2. The van der Waals surface area contributed by atoms with Crippen molar-refractivity contribution in [3.05, 3.63) is 34.6 Å². The van der Waals surface area contributed by atoms with Crippen LogP contribution in [0.2, 0.25) is 5.02 Å². The fourth-order valence-electron chi connectivity index (χ4n) is 2.11. The van der Waals surface area contributed by atoms with Gasteiger partial charge < -0.3 is 5.32 Å². The third-order valence-electron chi connectivity index (χ3n) is 3.11. The van der Waals surface area contributed by atoms with E-state index in [0.717, 1.165) is 31.7 Å². The van der Waals surface area contributed by atoms with E-state index in [0.29, 0.717) is 5.02 Å². The minimum atomic E-state index is -0.210. The highest BCUT2D eigenvalue weighted by molar-refractivity contribution is 6.30. The molecule has 1 aromatic rings. The van der Waals surface area contributed by atoms with Gasteiger partial charge in [-0.2, -0.15) is 0 Å². The molecular formula is C12H18Cl3FN2. The van der Waals surface area contributed by atoms with Gasteiger partial charge in [-0.05, 0) is 19.1 Å². The number of nitrogens with one attached hydrogen (secondary N) is 1. The molecule has 0 saturated carbocycles. The number of halogens is 4. The van der Waals surface area contributed by atoms with Crippen molar-refractivity contribution in [2.75, 3.05) is 26.2 Å². The van der Waals surface area contributed by atoms with Crippen molar-refractivity contribution < 1.29 is 4.39 Å². The van der Waals surface area contributed by atoms with Gasteiger partial charge >= 0.3 is 0 Å². The molecule has 1 saturated heterocycles. The number of nitrogens with zero attached hydrogens (tertiary/aromatic N) is 1. The van der Waals surface area contributed by atoms with E-state index in [4.69, 9.17) is 11.6 Å². The van der Waals surface area contributed by atoms with Gasteiger partial charge in [0.1, 0.15) is 5.82 Å². The van der Waals surface area contributed by atoms with Crippen LogP contribution in [-0.2, 0) is 0 Å². The summed E-state index contributed by atoms with van der Waals surface area (Å²) in [4.78, 5) is 2.28.